The quantitative estimate of drug-likeness (QED) is 0.658. The van der Waals surface area contributed by atoms with Gasteiger partial charge in [0.25, 0.3) is 0 Å². The van der Waals surface area contributed by atoms with Crippen LogP contribution < -0.4 is 4.90 Å². The topological polar surface area (TPSA) is 38.1 Å². The van der Waals surface area contributed by atoms with Gasteiger partial charge in [0.1, 0.15) is 0 Å². The summed E-state index contributed by atoms with van der Waals surface area (Å²) in [6, 6.07) is 20.1. The van der Waals surface area contributed by atoms with Gasteiger partial charge in [0.05, 0.1) is 6.20 Å². The van der Waals surface area contributed by atoms with Crippen LogP contribution in [0.2, 0.25) is 0 Å². The molecule has 1 amide bonds. The zero-order chi connectivity index (χ0) is 17.5. The highest BCUT2D eigenvalue weighted by Gasteiger charge is 2.15. The Hall–Kier alpha value is -2.88. The van der Waals surface area contributed by atoms with Gasteiger partial charge < -0.3 is 4.90 Å². The van der Waals surface area contributed by atoms with Crippen molar-refractivity contribution in [3.8, 4) is 0 Å². The number of aromatic nitrogens is 2. The first-order valence-corrected chi connectivity index (χ1v) is 8.61. The van der Waals surface area contributed by atoms with Crippen LogP contribution in [0.4, 0.5) is 5.69 Å². The van der Waals surface area contributed by atoms with E-state index in [2.05, 4.69) is 17.2 Å². The Bertz CT molecular complexity index is 796. The van der Waals surface area contributed by atoms with Gasteiger partial charge in [-0.2, -0.15) is 5.10 Å². The summed E-state index contributed by atoms with van der Waals surface area (Å²) in [6.45, 7) is 3.27. The van der Waals surface area contributed by atoms with E-state index in [1.807, 2.05) is 77.4 Å². The molecule has 0 saturated carbocycles. The molecule has 0 bridgehead atoms. The fraction of sp³-hybridized carbons (Fsp3) is 0.238. The molecule has 128 valence electrons. The van der Waals surface area contributed by atoms with Crippen LogP contribution in [0, 0.1) is 6.92 Å². The first kappa shape index (κ1) is 17.0. The molecule has 4 heteroatoms. The molecule has 2 aromatic carbocycles. The van der Waals surface area contributed by atoms with Gasteiger partial charge in [-0.3, -0.25) is 9.48 Å². The number of aryl methyl sites for hydroxylation is 2. The van der Waals surface area contributed by atoms with Crippen molar-refractivity contribution in [2.45, 2.75) is 26.3 Å². The Morgan fingerprint density at radius 1 is 1.04 bits per heavy atom. The third-order valence-corrected chi connectivity index (χ3v) is 4.15. The van der Waals surface area contributed by atoms with Crippen molar-refractivity contribution in [3.05, 3.63) is 84.2 Å². The second-order valence-electron chi connectivity index (χ2n) is 6.15. The van der Waals surface area contributed by atoms with Crippen LogP contribution in [-0.2, 0) is 17.8 Å². The third kappa shape index (κ3) is 4.80. The van der Waals surface area contributed by atoms with Crippen molar-refractivity contribution in [2.24, 2.45) is 0 Å². The summed E-state index contributed by atoms with van der Waals surface area (Å²) in [5.41, 5.74) is 3.29. The zero-order valence-electron chi connectivity index (χ0n) is 14.5. The molecule has 0 N–H and O–H groups in total. The van der Waals surface area contributed by atoms with Crippen LogP contribution >= 0.6 is 0 Å². The van der Waals surface area contributed by atoms with E-state index in [0.717, 1.165) is 17.7 Å². The number of carbonyl (C=O) groups excluding carboxylic acids is 1. The Labute approximate surface area is 148 Å². The Morgan fingerprint density at radius 2 is 1.72 bits per heavy atom. The molecule has 0 atom stereocenters. The van der Waals surface area contributed by atoms with Crippen molar-refractivity contribution >= 4 is 11.6 Å². The monoisotopic (exact) mass is 333 g/mol. The molecule has 0 radical (unpaired) electrons. The largest absolute Gasteiger partial charge is 0.312 e. The van der Waals surface area contributed by atoms with Gasteiger partial charge in [0.2, 0.25) is 5.91 Å². The molecule has 0 spiro atoms. The molecule has 3 rings (SSSR count). The van der Waals surface area contributed by atoms with E-state index in [1.165, 1.54) is 5.56 Å². The summed E-state index contributed by atoms with van der Waals surface area (Å²) in [6.07, 6.45) is 5.05. The average Bonchev–Trinajstić information content (AvgIpc) is 3.07. The van der Waals surface area contributed by atoms with Gasteiger partial charge in [-0.15, -0.1) is 0 Å². The molecule has 0 aliphatic heterocycles. The summed E-state index contributed by atoms with van der Waals surface area (Å²) in [5.74, 6) is 0.121. The summed E-state index contributed by atoms with van der Waals surface area (Å²) in [7, 11) is 0. The van der Waals surface area contributed by atoms with E-state index in [0.29, 0.717) is 19.5 Å². The fourth-order valence-electron chi connectivity index (χ4n) is 2.83. The number of anilines is 1. The van der Waals surface area contributed by atoms with E-state index in [-0.39, 0.29) is 5.91 Å². The van der Waals surface area contributed by atoms with Crippen molar-refractivity contribution < 1.29 is 4.79 Å². The van der Waals surface area contributed by atoms with Gasteiger partial charge in [-0.05, 0) is 36.6 Å². The number of hydrogen-bond donors (Lipinski definition) is 0. The molecule has 4 nitrogen and oxygen atoms in total. The molecule has 0 unspecified atom stereocenters. The number of para-hydroxylation sites is 1. The maximum Gasteiger partial charge on any atom is 0.228 e. The lowest BCUT2D eigenvalue weighted by Gasteiger charge is -2.23. The highest BCUT2D eigenvalue weighted by molar-refractivity contribution is 5.93. The molecular formula is C21H23N3O. The smallest absolute Gasteiger partial charge is 0.228 e. The minimum atomic E-state index is 0.121. The summed E-state index contributed by atoms with van der Waals surface area (Å²) >= 11 is 0. The number of hydrogen-bond acceptors (Lipinski definition) is 2. The fourth-order valence-corrected chi connectivity index (χ4v) is 2.83. The molecule has 25 heavy (non-hydrogen) atoms. The van der Waals surface area contributed by atoms with Gasteiger partial charge in [-0.25, -0.2) is 0 Å². The summed E-state index contributed by atoms with van der Waals surface area (Å²) < 4.78 is 1.83. The van der Waals surface area contributed by atoms with Crippen LogP contribution in [0.5, 0.6) is 0 Å². The summed E-state index contributed by atoms with van der Waals surface area (Å²) in [4.78, 5) is 14.7. The van der Waals surface area contributed by atoms with Crippen molar-refractivity contribution in [1.82, 2.24) is 9.78 Å². The molecule has 1 heterocycles. The summed E-state index contributed by atoms with van der Waals surface area (Å²) in [5, 5.41) is 4.26. The van der Waals surface area contributed by atoms with Crippen LogP contribution in [0.15, 0.2) is 73.1 Å². The van der Waals surface area contributed by atoms with E-state index < -0.39 is 0 Å². The van der Waals surface area contributed by atoms with Crippen LogP contribution in [-0.4, -0.2) is 22.2 Å². The molecule has 0 fully saturated rings. The van der Waals surface area contributed by atoms with Crippen molar-refractivity contribution in [3.63, 3.8) is 0 Å². The number of nitrogens with zero attached hydrogens (tertiary/aromatic N) is 3. The number of rotatable bonds is 7. The Morgan fingerprint density at radius 3 is 2.36 bits per heavy atom. The van der Waals surface area contributed by atoms with E-state index in [1.54, 1.807) is 0 Å². The normalized spacial score (nSPS) is 10.6. The molecule has 0 saturated heterocycles. The predicted octanol–water partition coefficient (Wildman–Crippen LogP) is 3.86. The van der Waals surface area contributed by atoms with Crippen LogP contribution in [0.25, 0.3) is 0 Å². The minimum absolute atomic E-state index is 0.121. The highest BCUT2D eigenvalue weighted by Crippen LogP contribution is 2.16. The maximum atomic E-state index is 12.8. The van der Waals surface area contributed by atoms with Crippen LogP contribution in [0.3, 0.4) is 0 Å². The number of amides is 1. The van der Waals surface area contributed by atoms with E-state index >= 15 is 0 Å². The van der Waals surface area contributed by atoms with Crippen molar-refractivity contribution in [1.29, 1.82) is 0 Å². The number of benzene rings is 2. The lowest BCUT2D eigenvalue weighted by atomic mass is 10.1. The first-order chi connectivity index (χ1) is 12.2. The Kier molecular flexibility index (Phi) is 5.62. The molecule has 1 aromatic heterocycles. The van der Waals surface area contributed by atoms with Gasteiger partial charge in [-0.1, -0.05) is 48.5 Å². The minimum Gasteiger partial charge on any atom is -0.312 e. The maximum absolute atomic E-state index is 12.8. The first-order valence-electron chi connectivity index (χ1n) is 8.61. The lowest BCUT2D eigenvalue weighted by molar-refractivity contribution is -0.118. The molecule has 0 aliphatic carbocycles. The molecule has 3 aromatic rings. The van der Waals surface area contributed by atoms with Crippen molar-refractivity contribution in [2.75, 3.05) is 11.4 Å². The average molecular weight is 333 g/mol. The lowest BCUT2D eigenvalue weighted by Crippen LogP contribution is -2.33. The van der Waals surface area contributed by atoms with Gasteiger partial charge >= 0.3 is 0 Å². The van der Waals surface area contributed by atoms with E-state index in [9.17, 15) is 4.79 Å². The second-order valence-corrected chi connectivity index (χ2v) is 6.15. The number of carbonyl (C=O) groups is 1. The van der Waals surface area contributed by atoms with E-state index in [4.69, 9.17) is 0 Å². The van der Waals surface area contributed by atoms with Crippen LogP contribution in [0.1, 0.15) is 17.5 Å². The third-order valence-electron chi connectivity index (χ3n) is 4.15. The zero-order valence-corrected chi connectivity index (χ0v) is 14.5. The van der Waals surface area contributed by atoms with Gasteiger partial charge in [0.15, 0.2) is 0 Å². The predicted molar refractivity (Wildman–Crippen MR) is 101 cm³/mol. The van der Waals surface area contributed by atoms with Gasteiger partial charge in [0, 0.05) is 31.4 Å². The molecular weight excluding hydrogens is 310 g/mol. The highest BCUT2D eigenvalue weighted by atomic mass is 16.2. The molecule has 0 aliphatic rings. The Balaban J connectivity index is 1.68. The standard InChI is InChI=1S/C21H23N3O/c1-18-16-22-23(17-18)14-13-21(25)24(20-10-6-3-7-11-20)15-12-19-8-4-2-5-9-19/h2-11,16-17H,12-15H2,1H3. The second kappa shape index (κ2) is 8.29. The SMILES string of the molecule is Cc1cnn(CCC(=O)N(CCc2ccccc2)c2ccccc2)c1.